The SMILES string of the molecule is CCN(c1ccc(C(=O)N[C@H](c2ccccc2)c2ccccc2C)cc1)S(C)(=O)=O. The van der Waals surface area contributed by atoms with Crippen molar-refractivity contribution in [2.24, 2.45) is 0 Å². The van der Waals surface area contributed by atoms with Gasteiger partial charge < -0.3 is 5.32 Å². The number of anilines is 1. The zero-order valence-electron chi connectivity index (χ0n) is 17.4. The smallest absolute Gasteiger partial charge is 0.252 e. The van der Waals surface area contributed by atoms with Gasteiger partial charge in [-0.2, -0.15) is 0 Å². The quantitative estimate of drug-likeness (QED) is 0.617. The van der Waals surface area contributed by atoms with E-state index in [9.17, 15) is 13.2 Å². The molecule has 1 atom stereocenters. The Kier molecular flexibility index (Phi) is 6.57. The summed E-state index contributed by atoms with van der Waals surface area (Å²) >= 11 is 0. The molecule has 0 radical (unpaired) electrons. The Morgan fingerprint density at radius 3 is 2.10 bits per heavy atom. The molecule has 0 aliphatic carbocycles. The zero-order chi connectivity index (χ0) is 21.7. The Hall–Kier alpha value is -3.12. The van der Waals surface area contributed by atoms with Gasteiger partial charge in [-0.15, -0.1) is 0 Å². The number of sulfonamides is 1. The molecule has 0 saturated carbocycles. The number of amides is 1. The van der Waals surface area contributed by atoms with Crippen LogP contribution in [0, 0.1) is 6.92 Å². The largest absolute Gasteiger partial charge is 0.341 e. The number of carbonyl (C=O) groups excluding carboxylic acids is 1. The van der Waals surface area contributed by atoms with Gasteiger partial charge in [0, 0.05) is 12.1 Å². The summed E-state index contributed by atoms with van der Waals surface area (Å²) < 4.78 is 25.1. The monoisotopic (exact) mass is 422 g/mol. The number of rotatable bonds is 7. The summed E-state index contributed by atoms with van der Waals surface area (Å²) in [6.07, 6.45) is 1.17. The Labute approximate surface area is 178 Å². The van der Waals surface area contributed by atoms with Gasteiger partial charge in [0.05, 0.1) is 18.0 Å². The van der Waals surface area contributed by atoms with E-state index in [1.54, 1.807) is 31.2 Å². The second kappa shape index (κ2) is 9.13. The third kappa shape index (κ3) is 4.89. The third-order valence-corrected chi connectivity index (χ3v) is 6.28. The summed E-state index contributed by atoms with van der Waals surface area (Å²) in [7, 11) is -3.36. The minimum absolute atomic E-state index is 0.221. The number of aryl methyl sites for hydroxylation is 1. The number of benzene rings is 3. The second-order valence-corrected chi connectivity index (χ2v) is 9.06. The highest BCUT2D eigenvalue weighted by molar-refractivity contribution is 7.92. The van der Waals surface area contributed by atoms with Crippen molar-refractivity contribution in [3.63, 3.8) is 0 Å². The molecule has 3 rings (SSSR count). The van der Waals surface area contributed by atoms with Gasteiger partial charge in [-0.1, -0.05) is 54.6 Å². The maximum absolute atomic E-state index is 13.0. The lowest BCUT2D eigenvalue weighted by Crippen LogP contribution is -2.30. The van der Waals surface area contributed by atoms with Crippen LogP contribution in [-0.2, 0) is 10.0 Å². The van der Waals surface area contributed by atoms with Crippen molar-refractivity contribution in [2.45, 2.75) is 19.9 Å². The van der Waals surface area contributed by atoms with Gasteiger partial charge in [0.2, 0.25) is 10.0 Å². The molecule has 6 heteroatoms. The molecule has 0 fully saturated rings. The molecule has 0 aliphatic rings. The average Bonchev–Trinajstić information content (AvgIpc) is 2.73. The van der Waals surface area contributed by atoms with Crippen molar-refractivity contribution in [3.05, 3.63) is 101 Å². The highest BCUT2D eigenvalue weighted by Gasteiger charge is 2.20. The van der Waals surface area contributed by atoms with Gasteiger partial charge >= 0.3 is 0 Å². The summed E-state index contributed by atoms with van der Waals surface area (Å²) in [5.41, 5.74) is 4.12. The van der Waals surface area contributed by atoms with E-state index in [0.717, 1.165) is 16.7 Å². The van der Waals surface area contributed by atoms with Crippen molar-refractivity contribution < 1.29 is 13.2 Å². The van der Waals surface area contributed by atoms with Crippen LogP contribution in [0.4, 0.5) is 5.69 Å². The Bertz CT molecular complexity index is 1110. The molecule has 0 aromatic heterocycles. The summed E-state index contributed by atoms with van der Waals surface area (Å²) in [4.78, 5) is 13.0. The van der Waals surface area contributed by atoms with Crippen molar-refractivity contribution in [2.75, 3.05) is 17.1 Å². The summed E-state index contributed by atoms with van der Waals surface area (Å²) in [6, 6.07) is 24.1. The van der Waals surface area contributed by atoms with Crippen LogP contribution in [-0.4, -0.2) is 27.1 Å². The summed E-state index contributed by atoms with van der Waals surface area (Å²) in [5, 5.41) is 3.13. The fraction of sp³-hybridized carbons (Fsp3) is 0.208. The van der Waals surface area contributed by atoms with Crippen LogP contribution in [0.15, 0.2) is 78.9 Å². The lowest BCUT2D eigenvalue weighted by Gasteiger charge is -2.22. The zero-order valence-corrected chi connectivity index (χ0v) is 18.2. The lowest BCUT2D eigenvalue weighted by molar-refractivity contribution is 0.0943. The van der Waals surface area contributed by atoms with Gasteiger partial charge in [0.1, 0.15) is 0 Å². The number of nitrogens with one attached hydrogen (secondary N) is 1. The highest BCUT2D eigenvalue weighted by Crippen LogP contribution is 2.26. The summed E-state index contributed by atoms with van der Waals surface area (Å²) in [6.45, 7) is 4.12. The van der Waals surface area contributed by atoms with Crippen LogP contribution in [0.3, 0.4) is 0 Å². The molecule has 0 unspecified atom stereocenters. The standard InChI is InChI=1S/C24H26N2O3S/c1-4-26(30(3,28)29)21-16-14-20(15-17-21)24(27)25-23(19-11-6-5-7-12-19)22-13-9-8-10-18(22)2/h5-17,23H,4H2,1-3H3,(H,25,27)/t23-/m1/s1. The first-order valence-corrected chi connectivity index (χ1v) is 11.6. The van der Waals surface area contributed by atoms with Crippen LogP contribution < -0.4 is 9.62 Å². The molecule has 1 amide bonds. The molecule has 156 valence electrons. The van der Waals surface area contributed by atoms with Crippen LogP contribution in [0.5, 0.6) is 0 Å². The first-order chi connectivity index (χ1) is 14.3. The van der Waals surface area contributed by atoms with Crippen molar-refractivity contribution in [1.82, 2.24) is 5.32 Å². The minimum Gasteiger partial charge on any atom is -0.341 e. The molecule has 1 N–H and O–H groups in total. The fourth-order valence-electron chi connectivity index (χ4n) is 3.50. The Balaban J connectivity index is 1.89. The second-order valence-electron chi connectivity index (χ2n) is 7.15. The van der Waals surface area contributed by atoms with Crippen LogP contribution in [0.2, 0.25) is 0 Å². The van der Waals surface area contributed by atoms with Crippen molar-refractivity contribution in [1.29, 1.82) is 0 Å². The number of nitrogens with zero attached hydrogens (tertiary/aromatic N) is 1. The van der Waals surface area contributed by atoms with E-state index in [0.29, 0.717) is 17.8 Å². The molecule has 0 bridgehead atoms. The topological polar surface area (TPSA) is 66.5 Å². The van der Waals surface area contributed by atoms with Crippen molar-refractivity contribution in [3.8, 4) is 0 Å². The normalized spacial score (nSPS) is 12.2. The molecular formula is C24H26N2O3S. The lowest BCUT2D eigenvalue weighted by atomic mass is 9.94. The van der Waals surface area contributed by atoms with E-state index < -0.39 is 10.0 Å². The van der Waals surface area contributed by atoms with E-state index in [4.69, 9.17) is 0 Å². The molecule has 3 aromatic carbocycles. The van der Waals surface area contributed by atoms with E-state index >= 15 is 0 Å². The van der Waals surface area contributed by atoms with E-state index in [1.807, 2.05) is 61.5 Å². The van der Waals surface area contributed by atoms with E-state index in [-0.39, 0.29) is 11.9 Å². The molecule has 3 aromatic rings. The average molecular weight is 423 g/mol. The van der Waals surface area contributed by atoms with Crippen LogP contribution >= 0.6 is 0 Å². The van der Waals surface area contributed by atoms with Gasteiger partial charge in [-0.05, 0) is 54.8 Å². The predicted molar refractivity (Wildman–Crippen MR) is 121 cm³/mol. The Morgan fingerprint density at radius 2 is 1.53 bits per heavy atom. The van der Waals surface area contributed by atoms with Gasteiger partial charge in [-0.3, -0.25) is 9.10 Å². The van der Waals surface area contributed by atoms with Gasteiger partial charge in [0.25, 0.3) is 5.91 Å². The first-order valence-electron chi connectivity index (χ1n) is 9.80. The van der Waals surface area contributed by atoms with Crippen molar-refractivity contribution >= 4 is 21.6 Å². The molecule has 0 spiro atoms. The van der Waals surface area contributed by atoms with Gasteiger partial charge in [0.15, 0.2) is 0 Å². The molecule has 5 nitrogen and oxygen atoms in total. The maximum atomic E-state index is 13.0. The summed E-state index contributed by atoms with van der Waals surface area (Å²) in [5.74, 6) is -0.221. The predicted octanol–water partition coefficient (Wildman–Crippen LogP) is 4.30. The number of carbonyl (C=O) groups is 1. The number of hydrogen-bond acceptors (Lipinski definition) is 3. The fourth-order valence-corrected chi connectivity index (χ4v) is 4.47. The van der Waals surface area contributed by atoms with Crippen LogP contribution in [0.25, 0.3) is 0 Å². The third-order valence-electron chi connectivity index (χ3n) is 5.01. The molecular weight excluding hydrogens is 396 g/mol. The molecule has 30 heavy (non-hydrogen) atoms. The van der Waals surface area contributed by atoms with E-state index in [2.05, 4.69) is 5.32 Å². The molecule has 0 heterocycles. The highest BCUT2D eigenvalue weighted by atomic mass is 32.2. The maximum Gasteiger partial charge on any atom is 0.252 e. The minimum atomic E-state index is -3.36. The Morgan fingerprint density at radius 1 is 0.933 bits per heavy atom. The number of hydrogen-bond donors (Lipinski definition) is 1. The molecule has 0 aliphatic heterocycles. The van der Waals surface area contributed by atoms with Gasteiger partial charge in [-0.25, -0.2) is 8.42 Å². The first kappa shape index (κ1) is 21.6. The van der Waals surface area contributed by atoms with E-state index in [1.165, 1.54) is 10.6 Å². The molecule has 0 saturated heterocycles. The van der Waals surface area contributed by atoms with Crippen LogP contribution in [0.1, 0.15) is 40.0 Å².